The minimum atomic E-state index is -3.47. The predicted molar refractivity (Wildman–Crippen MR) is 161 cm³/mol. The van der Waals surface area contributed by atoms with Gasteiger partial charge in [0.05, 0.1) is 20.8 Å². The summed E-state index contributed by atoms with van der Waals surface area (Å²) in [6.07, 6.45) is 0. The number of aromatic nitrogens is 1. The Hall–Kier alpha value is -4.45. The Kier molecular flexibility index (Phi) is 4.05. The van der Waals surface area contributed by atoms with E-state index in [-0.39, 0.29) is 0 Å². The van der Waals surface area contributed by atoms with Gasteiger partial charge in [0.25, 0.3) is 0 Å². The monoisotopic (exact) mass is 537 g/mol. The summed E-state index contributed by atoms with van der Waals surface area (Å²) in [6, 6.07) is 37.1. The lowest BCUT2D eigenvalue weighted by Gasteiger charge is -2.09. The smallest absolute Gasteiger partial charge is 0.207 e. The molecular weight excluding hydrogens is 519 g/mol. The highest BCUT2D eigenvalue weighted by Gasteiger charge is 2.32. The summed E-state index contributed by atoms with van der Waals surface area (Å²) in [5, 5.41) is 7.28. The lowest BCUT2D eigenvalue weighted by atomic mass is 9.95. The largest absolute Gasteiger partial charge is 0.300 e. The summed E-state index contributed by atoms with van der Waals surface area (Å²) in [5.41, 5.74) is 8.47. The third-order valence-electron chi connectivity index (χ3n) is 8.17. The number of para-hydroxylation sites is 1. The van der Waals surface area contributed by atoms with E-state index in [0.29, 0.717) is 9.79 Å². The number of rotatable bonds is 2. The molecule has 4 heterocycles. The maximum absolute atomic E-state index is 13.1. The first-order chi connectivity index (χ1) is 19.1. The lowest BCUT2D eigenvalue weighted by Crippen LogP contribution is -1.96. The van der Waals surface area contributed by atoms with Crippen LogP contribution in [0.25, 0.3) is 70.8 Å². The Morgan fingerprint density at radius 3 is 2.15 bits per heavy atom. The maximum atomic E-state index is 13.1. The van der Waals surface area contributed by atoms with Crippen LogP contribution in [0.2, 0.25) is 0 Å². The lowest BCUT2D eigenvalue weighted by molar-refractivity contribution is 0.598. The quantitative estimate of drug-likeness (QED) is 0.221. The predicted octanol–water partition coefficient (Wildman–Crippen LogP) is 9.05. The number of hydrogen-bond donors (Lipinski definition) is 0. The van der Waals surface area contributed by atoms with Crippen LogP contribution in [-0.4, -0.2) is 12.8 Å². The molecule has 0 saturated heterocycles. The van der Waals surface area contributed by atoms with Crippen molar-refractivity contribution in [3.05, 3.63) is 115 Å². The zero-order valence-electron chi connectivity index (χ0n) is 20.5. The van der Waals surface area contributed by atoms with Crippen LogP contribution in [0.1, 0.15) is 0 Å². The van der Waals surface area contributed by atoms with Gasteiger partial charge in [-0.3, -0.25) is 4.40 Å². The zero-order chi connectivity index (χ0) is 25.9. The molecule has 0 saturated carbocycles. The fourth-order valence-electron chi connectivity index (χ4n) is 6.43. The van der Waals surface area contributed by atoms with Crippen molar-refractivity contribution in [3.63, 3.8) is 0 Å². The van der Waals surface area contributed by atoms with Crippen molar-refractivity contribution in [2.75, 3.05) is 0 Å². The molecule has 0 amide bonds. The number of fused-ring (bicyclic) bond motifs is 9. The maximum Gasteiger partial charge on any atom is 0.207 e. The Morgan fingerprint density at radius 1 is 0.538 bits per heavy atom. The molecule has 184 valence electrons. The number of hydrogen-bond acceptors (Lipinski definition) is 3. The molecule has 8 aromatic rings. The van der Waals surface area contributed by atoms with Crippen LogP contribution in [0, 0.1) is 0 Å². The molecule has 1 aliphatic heterocycles. The molecular formula is C34H19NO2S2. The molecule has 0 fully saturated rings. The Balaban J connectivity index is 1.25. The van der Waals surface area contributed by atoms with Crippen LogP contribution in [-0.2, 0) is 9.84 Å². The Labute approximate surface area is 228 Å². The molecule has 0 aliphatic carbocycles. The van der Waals surface area contributed by atoms with Gasteiger partial charge in [0, 0.05) is 32.7 Å². The van der Waals surface area contributed by atoms with Crippen LogP contribution < -0.4 is 0 Å². The van der Waals surface area contributed by atoms with Gasteiger partial charge in [-0.15, -0.1) is 11.3 Å². The fourth-order valence-corrected chi connectivity index (χ4v) is 9.04. The molecule has 9 rings (SSSR count). The molecule has 0 N–H and O–H groups in total. The first-order valence-electron chi connectivity index (χ1n) is 12.8. The number of benzene rings is 5. The van der Waals surface area contributed by atoms with E-state index in [0.717, 1.165) is 27.8 Å². The molecule has 0 radical (unpaired) electrons. The molecule has 3 aromatic heterocycles. The van der Waals surface area contributed by atoms with E-state index in [1.807, 2.05) is 24.3 Å². The molecule has 5 aromatic carbocycles. The highest BCUT2D eigenvalue weighted by atomic mass is 32.2. The normalized spacial score (nSPS) is 14.1. The molecule has 3 nitrogen and oxygen atoms in total. The second-order valence-corrected chi connectivity index (χ2v) is 13.0. The first-order valence-corrected chi connectivity index (χ1v) is 15.2. The van der Waals surface area contributed by atoms with Crippen molar-refractivity contribution in [2.24, 2.45) is 0 Å². The highest BCUT2D eigenvalue weighted by Crippen LogP contribution is 2.46. The summed E-state index contributed by atoms with van der Waals surface area (Å²) >= 11 is 1.79. The summed E-state index contributed by atoms with van der Waals surface area (Å²) in [4.78, 5) is 2.07. The summed E-state index contributed by atoms with van der Waals surface area (Å²) in [7, 11) is -3.47. The van der Waals surface area contributed by atoms with E-state index in [1.54, 1.807) is 29.5 Å². The average Bonchev–Trinajstić information content (AvgIpc) is 3.71. The van der Waals surface area contributed by atoms with Gasteiger partial charge in [0.2, 0.25) is 9.84 Å². The van der Waals surface area contributed by atoms with Gasteiger partial charge in [-0.25, -0.2) is 8.42 Å². The van der Waals surface area contributed by atoms with Crippen LogP contribution in [0.5, 0.6) is 0 Å². The van der Waals surface area contributed by atoms with Gasteiger partial charge in [0.15, 0.2) is 0 Å². The molecule has 1 aliphatic rings. The second kappa shape index (κ2) is 7.35. The average molecular weight is 538 g/mol. The topological polar surface area (TPSA) is 38.5 Å². The van der Waals surface area contributed by atoms with E-state index < -0.39 is 9.84 Å². The van der Waals surface area contributed by atoms with Crippen molar-refractivity contribution < 1.29 is 8.42 Å². The summed E-state index contributed by atoms with van der Waals surface area (Å²) < 4.78 is 28.6. The number of sulfone groups is 1. The number of thiophene rings is 1. The van der Waals surface area contributed by atoms with Gasteiger partial charge >= 0.3 is 0 Å². The Morgan fingerprint density at radius 2 is 1.26 bits per heavy atom. The van der Waals surface area contributed by atoms with Crippen molar-refractivity contribution in [1.29, 1.82) is 0 Å². The molecule has 0 bridgehead atoms. The molecule has 39 heavy (non-hydrogen) atoms. The van der Waals surface area contributed by atoms with Crippen LogP contribution in [0.4, 0.5) is 0 Å². The number of nitrogens with zero attached hydrogens (tertiary/aromatic N) is 1. The van der Waals surface area contributed by atoms with Crippen molar-refractivity contribution in [1.82, 2.24) is 4.40 Å². The van der Waals surface area contributed by atoms with E-state index in [9.17, 15) is 8.42 Å². The zero-order valence-corrected chi connectivity index (χ0v) is 22.2. The molecule has 5 heteroatoms. The van der Waals surface area contributed by atoms with Gasteiger partial charge in [-0.05, 0) is 76.2 Å². The summed E-state index contributed by atoms with van der Waals surface area (Å²) in [5.74, 6) is 0. The van der Waals surface area contributed by atoms with Crippen LogP contribution in [0.15, 0.2) is 124 Å². The van der Waals surface area contributed by atoms with E-state index >= 15 is 0 Å². The first kappa shape index (κ1) is 21.5. The summed E-state index contributed by atoms with van der Waals surface area (Å²) in [6.45, 7) is 0. The third kappa shape index (κ3) is 2.73. The van der Waals surface area contributed by atoms with Crippen molar-refractivity contribution >= 4 is 58.6 Å². The second-order valence-electron chi connectivity index (χ2n) is 10.2. The van der Waals surface area contributed by atoms with Gasteiger partial charge in [-0.2, -0.15) is 0 Å². The third-order valence-corrected chi connectivity index (χ3v) is 10.9. The highest BCUT2D eigenvalue weighted by molar-refractivity contribution is 7.92. The van der Waals surface area contributed by atoms with Crippen molar-refractivity contribution in [2.45, 2.75) is 9.79 Å². The van der Waals surface area contributed by atoms with Gasteiger partial charge < -0.3 is 0 Å². The standard InChI is InChI=1S/C34H19NO2S2/c36-39(37)31-11-4-2-9-25(31)27-17-22(12-13-32(27)39)20-6-5-7-21(16-20)23-18-28-24-8-1-3-10-30(24)35-33(28)29(19-23)26-14-15-38-34(26)35/h1-19H. The van der Waals surface area contributed by atoms with E-state index in [2.05, 4.69) is 76.5 Å². The van der Waals surface area contributed by atoms with Crippen LogP contribution in [0.3, 0.4) is 0 Å². The molecule has 0 spiro atoms. The van der Waals surface area contributed by atoms with Crippen molar-refractivity contribution in [3.8, 4) is 33.4 Å². The van der Waals surface area contributed by atoms with Gasteiger partial charge in [0.1, 0.15) is 4.83 Å². The van der Waals surface area contributed by atoms with Gasteiger partial charge in [-0.1, -0.05) is 60.7 Å². The SMILES string of the molecule is O=S1(=O)c2ccccc2-c2cc(-c3cccc(-c4cc5c6ccccc6n6c7sccc7c(c4)c56)c3)ccc21. The Bertz CT molecular complexity index is 2410. The molecule has 0 atom stereocenters. The van der Waals surface area contributed by atoms with Crippen LogP contribution >= 0.6 is 11.3 Å². The minimum Gasteiger partial charge on any atom is -0.300 e. The molecule has 0 unspecified atom stereocenters. The fraction of sp³-hybridized carbons (Fsp3) is 0. The minimum absolute atomic E-state index is 0.389. The van der Waals surface area contributed by atoms with E-state index in [1.165, 1.54) is 43.0 Å². The van der Waals surface area contributed by atoms with E-state index in [4.69, 9.17) is 0 Å².